The smallest absolute Gasteiger partial charge is 0.311 e. The quantitative estimate of drug-likeness (QED) is 0.841. The summed E-state index contributed by atoms with van der Waals surface area (Å²) in [4.78, 5) is 23.6. The third kappa shape index (κ3) is 3.01. The number of nitrogens with one attached hydrogen (secondary N) is 1. The van der Waals surface area contributed by atoms with Gasteiger partial charge in [-0.15, -0.1) is 0 Å². The van der Waals surface area contributed by atoms with Gasteiger partial charge in [-0.1, -0.05) is 24.6 Å². The van der Waals surface area contributed by atoms with E-state index >= 15 is 0 Å². The summed E-state index contributed by atoms with van der Waals surface area (Å²) in [6.07, 6.45) is 3.32. The average molecular weight is 348 g/mol. The number of amides is 1. The van der Waals surface area contributed by atoms with E-state index in [1.807, 2.05) is 19.1 Å². The highest BCUT2D eigenvalue weighted by atomic mass is 35.5. The molecule has 1 fully saturated rings. The molecule has 1 aliphatic carbocycles. The minimum absolute atomic E-state index is 0.146. The lowest BCUT2D eigenvalue weighted by atomic mass is 10.1. The van der Waals surface area contributed by atoms with Crippen LogP contribution in [0, 0.1) is 5.41 Å². The molecular weight excluding hydrogens is 330 g/mol. The Hall–Kier alpha value is -2.34. The van der Waals surface area contributed by atoms with Crippen LogP contribution in [0.2, 0.25) is 5.02 Å². The zero-order valence-electron chi connectivity index (χ0n) is 13.3. The van der Waals surface area contributed by atoms with E-state index in [9.17, 15) is 14.7 Å². The summed E-state index contributed by atoms with van der Waals surface area (Å²) in [7, 11) is 0. The first kappa shape index (κ1) is 16.5. The van der Waals surface area contributed by atoms with Gasteiger partial charge in [0.15, 0.2) is 0 Å². The summed E-state index contributed by atoms with van der Waals surface area (Å²) in [5.41, 5.74) is 1.21. The Morgan fingerprint density at radius 3 is 2.75 bits per heavy atom. The van der Waals surface area contributed by atoms with Gasteiger partial charge in [-0.3, -0.25) is 9.59 Å². The molecule has 1 aromatic heterocycles. The molecule has 24 heavy (non-hydrogen) atoms. The lowest BCUT2D eigenvalue weighted by Crippen LogP contribution is -2.34. The molecule has 1 amide bonds. The summed E-state index contributed by atoms with van der Waals surface area (Å²) in [5.74, 6) is -1.15. The Morgan fingerprint density at radius 1 is 1.42 bits per heavy atom. The third-order valence-corrected chi connectivity index (χ3v) is 4.63. The van der Waals surface area contributed by atoms with Crippen LogP contribution >= 0.6 is 11.6 Å². The van der Waals surface area contributed by atoms with Crippen molar-refractivity contribution in [2.45, 2.75) is 26.2 Å². The van der Waals surface area contributed by atoms with Crippen LogP contribution < -0.4 is 5.32 Å². The molecule has 2 aromatic rings. The van der Waals surface area contributed by atoms with E-state index in [0.29, 0.717) is 29.8 Å². The van der Waals surface area contributed by atoms with Gasteiger partial charge in [0, 0.05) is 11.6 Å². The molecule has 7 heteroatoms. The third-order valence-electron chi connectivity index (χ3n) is 4.40. The van der Waals surface area contributed by atoms with E-state index in [0.717, 1.165) is 11.4 Å². The largest absolute Gasteiger partial charge is 0.481 e. The number of carbonyl (C=O) groups excluding carboxylic acids is 1. The van der Waals surface area contributed by atoms with Gasteiger partial charge in [0.1, 0.15) is 0 Å². The molecule has 0 unspecified atom stereocenters. The maximum Gasteiger partial charge on any atom is 0.311 e. The lowest BCUT2D eigenvalue weighted by molar-refractivity contribution is -0.143. The molecule has 0 aliphatic heterocycles. The second-order valence-electron chi connectivity index (χ2n) is 6.02. The minimum Gasteiger partial charge on any atom is -0.481 e. The van der Waals surface area contributed by atoms with Crippen LogP contribution in [0.4, 0.5) is 0 Å². The second kappa shape index (κ2) is 6.28. The molecule has 2 N–H and O–H groups in total. The first-order valence-electron chi connectivity index (χ1n) is 7.81. The highest BCUT2D eigenvalue weighted by Gasteiger charge is 2.50. The molecule has 0 saturated heterocycles. The van der Waals surface area contributed by atoms with Crippen molar-refractivity contribution in [3.63, 3.8) is 0 Å². The molecule has 0 radical (unpaired) electrons. The predicted molar refractivity (Wildman–Crippen MR) is 89.6 cm³/mol. The van der Waals surface area contributed by atoms with E-state index in [1.165, 1.54) is 6.20 Å². The maximum absolute atomic E-state index is 12.4. The van der Waals surface area contributed by atoms with Crippen LogP contribution in [0.5, 0.6) is 0 Å². The Labute approximate surface area is 144 Å². The zero-order valence-corrected chi connectivity index (χ0v) is 14.0. The number of aliphatic carboxylic acids is 1. The number of rotatable bonds is 6. The predicted octanol–water partition coefficient (Wildman–Crippen LogP) is 2.68. The topological polar surface area (TPSA) is 84.2 Å². The Kier molecular flexibility index (Phi) is 4.32. The second-order valence-corrected chi connectivity index (χ2v) is 6.45. The molecule has 6 nitrogen and oxygen atoms in total. The van der Waals surface area contributed by atoms with Gasteiger partial charge in [-0.25, -0.2) is 4.68 Å². The first-order valence-corrected chi connectivity index (χ1v) is 8.19. The number of nitrogens with zero attached hydrogens (tertiary/aromatic N) is 2. The summed E-state index contributed by atoms with van der Waals surface area (Å²) < 4.78 is 1.69. The monoisotopic (exact) mass is 347 g/mol. The number of carboxylic acid groups (broad SMARTS) is 1. The summed E-state index contributed by atoms with van der Waals surface area (Å²) >= 11 is 6.02. The van der Waals surface area contributed by atoms with Gasteiger partial charge < -0.3 is 10.4 Å². The highest BCUT2D eigenvalue weighted by molar-refractivity contribution is 6.30. The maximum atomic E-state index is 12.4. The van der Waals surface area contributed by atoms with Crippen LogP contribution in [-0.2, 0) is 11.2 Å². The normalized spacial score (nSPS) is 15.1. The Morgan fingerprint density at radius 2 is 2.17 bits per heavy atom. The standard InChI is InChI=1S/C17H18ClN3O3/c1-2-14-13(15(22)19-10-17(6-7-17)16(23)24)9-20-21(14)12-5-3-4-11(18)8-12/h3-5,8-9H,2,6-7,10H2,1H3,(H,19,22)(H,23,24). The summed E-state index contributed by atoms with van der Waals surface area (Å²) in [6, 6.07) is 7.24. The number of hydrogen-bond donors (Lipinski definition) is 2. The fourth-order valence-electron chi connectivity index (χ4n) is 2.70. The van der Waals surface area contributed by atoms with Crippen molar-refractivity contribution in [3.8, 4) is 5.69 Å². The fourth-order valence-corrected chi connectivity index (χ4v) is 2.88. The van der Waals surface area contributed by atoms with E-state index in [4.69, 9.17) is 11.6 Å². The highest BCUT2D eigenvalue weighted by Crippen LogP contribution is 2.45. The average Bonchev–Trinajstić information content (AvgIpc) is 3.24. The molecule has 1 heterocycles. The van der Waals surface area contributed by atoms with Gasteiger partial charge in [-0.05, 0) is 37.5 Å². The number of aromatic nitrogens is 2. The Balaban J connectivity index is 1.81. The van der Waals surface area contributed by atoms with Gasteiger partial charge in [-0.2, -0.15) is 5.10 Å². The Bertz CT molecular complexity index is 796. The van der Waals surface area contributed by atoms with Crippen molar-refractivity contribution >= 4 is 23.5 Å². The van der Waals surface area contributed by atoms with Crippen molar-refractivity contribution in [2.24, 2.45) is 5.41 Å². The van der Waals surface area contributed by atoms with Gasteiger partial charge in [0.25, 0.3) is 5.91 Å². The van der Waals surface area contributed by atoms with Crippen LogP contribution in [-0.4, -0.2) is 33.3 Å². The first-order chi connectivity index (χ1) is 11.5. The van der Waals surface area contributed by atoms with Crippen molar-refractivity contribution in [2.75, 3.05) is 6.54 Å². The molecule has 3 rings (SSSR count). The molecule has 1 saturated carbocycles. The molecule has 0 atom stereocenters. The van der Waals surface area contributed by atoms with Gasteiger partial charge in [0.05, 0.1) is 28.6 Å². The number of hydrogen-bond acceptors (Lipinski definition) is 3. The van der Waals surface area contributed by atoms with E-state index < -0.39 is 11.4 Å². The molecule has 0 spiro atoms. The minimum atomic E-state index is -0.854. The lowest BCUT2D eigenvalue weighted by Gasteiger charge is -2.12. The number of benzene rings is 1. The number of carbonyl (C=O) groups is 2. The van der Waals surface area contributed by atoms with Crippen molar-refractivity contribution < 1.29 is 14.7 Å². The van der Waals surface area contributed by atoms with E-state index in [1.54, 1.807) is 16.8 Å². The van der Waals surface area contributed by atoms with Gasteiger partial charge in [0.2, 0.25) is 0 Å². The van der Waals surface area contributed by atoms with Crippen LogP contribution in [0.25, 0.3) is 5.69 Å². The van der Waals surface area contributed by atoms with Crippen LogP contribution in [0.15, 0.2) is 30.5 Å². The van der Waals surface area contributed by atoms with E-state index in [-0.39, 0.29) is 12.5 Å². The van der Waals surface area contributed by atoms with Crippen molar-refractivity contribution in [3.05, 3.63) is 46.7 Å². The molecule has 1 aliphatic rings. The zero-order chi connectivity index (χ0) is 17.3. The molecule has 0 bridgehead atoms. The van der Waals surface area contributed by atoms with Crippen LogP contribution in [0.3, 0.4) is 0 Å². The molecule has 126 valence electrons. The number of carboxylic acids is 1. The van der Waals surface area contributed by atoms with Crippen molar-refractivity contribution in [1.29, 1.82) is 0 Å². The SMILES string of the molecule is CCc1c(C(=O)NCC2(C(=O)O)CC2)cnn1-c1cccc(Cl)c1. The summed E-state index contributed by atoms with van der Waals surface area (Å²) in [5, 5.41) is 16.8. The van der Waals surface area contributed by atoms with Crippen molar-refractivity contribution in [1.82, 2.24) is 15.1 Å². The summed E-state index contributed by atoms with van der Waals surface area (Å²) in [6.45, 7) is 2.08. The molecule has 1 aromatic carbocycles. The fraction of sp³-hybridized carbons (Fsp3) is 0.353. The van der Waals surface area contributed by atoms with E-state index in [2.05, 4.69) is 10.4 Å². The molecular formula is C17H18ClN3O3. The van der Waals surface area contributed by atoms with Crippen LogP contribution in [0.1, 0.15) is 35.8 Å². The number of halogens is 1. The van der Waals surface area contributed by atoms with Gasteiger partial charge >= 0.3 is 5.97 Å².